The summed E-state index contributed by atoms with van der Waals surface area (Å²) < 4.78 is 0. The van der Waals surface area contributed by atoms with Crippen LogP contribution in [0.1, 0.15) is 21.5 Å². The lowest BCUT2D eigenvalue weighted by atomic mass is 9.99. The van der Waals surface area contributed by atoms with E-state index in [1.165, 1.54) is 5.56 Å². The third kappa shape index (κ3) is 2.68. The highest BCUT2D eigenvalue weighted by Gasteiger charge is 2.27. The molecule has 1 N–H and O–H groups in total. The summed E-state index contributed by atoms with van der Waals surface area (Å²) in [5.41, 5.74) is 6.45. The molecule has 1 aromatic heterocycles. The van der Waals surface area contributed by atoms with Gasteiger partial charge in [-0.3, -0.25) is 4.79 Å². The van der Waals surface area contributed by atoms with Crippen LogP contribution >= 0.6 is 11.6 Å². The summed E-state index contributed by atoms with van der Waals surface area (Å²) in [6, 6.07) is 23.2. The number of pyridine rings is 1. The molecule has 0 unspecified atom stereocenters. The summed E-state index contributed by atoms with van der Waals surface area (Å²) in [5.74, 6) is -0.125. The molecule has 1 heterocycles. The first-order valence-corrected chi connectivity index (χ1v) is 9.15. The number of anilines is 1. The Morgan fingerprint density at radius 2 is 1.67 bits per heavy atom. The second-order valence-corrected chi connectivity index (χ2v) is 7.06. The first-order chi connectivity index (χ1) is 13.2. The maximum atomic E-state index is 13.3. The number of hydrogen-bond acceptors (Lipinski definition) is 2. The molecular weight excluding hydrogens is 356 g/mol. The highest BCUT2D eigenvalue weighted by atomic mass is 35.5. The van der Waals surface area contributed by atoms with Gasteiger partial charge in [0.2, 0.25) is 0 Å². The van der Waals surface area contributed by atoms with Crippen molar-refractivity contribution in [3.05, 3.63) is 94.5 Å². The molecule has 0 radical (unpaired) electrons. The Kier molecular flexibility index (Phi) is 3.69. The average Bonchev–Trinajstić information content (AvgIpc) is 3.06. The molecule has 1 aliphatic carbocycles. The van der Waals surface area contributed by atoms with Gasteiger partial charge in [-0.1, -0.05) is 54.1 Å². The van der Waals surface area contributed by atoms with Crippen LogP contribution in [0, 0.1) is 0 Å². The first kappa shape index (κ1) is 16.0. The van der Waals surface area contributed by atoms with Crippen molar-refractivity contribution in [1.82, 2.24) is 4.98 Å². The van der Waals surface area contributed by atoms with E-state index in [-0.39, 0.29) is 5.91 Å². The highest BCUT2D eigenvalue weighted by molar-refractivity contribution is 6.30. The molecule has 0 aliphatic heterocycles. The largest absolute Gasteiger partial charge is 0.322 e. The van der Waals surface area contributed by atoms with Gasteiger partial charge < -0.3 is 5.32 Å². The van der Waals surface area contributed by atoms with Gasteiger partial charge in [0.1, 0.15) is 0 Å². The van der Waals surface area contributed by atoms with E-state index < -0.39 is 0 Å². The third-order valence-electron chi connectivity index (χ3n) is 4.96. The summed E-state index contributed by atoms with van der Waals surface area (Å²) in [6.45, 7) is 0. The number of rotatable bonds is 2. The Labute approximate surface area is 161 Å². The van der Waals surface area contributed by atoms with Crippen LogP contribution in [0.25, 0.3) is 22.2 Å². The highest BCUT2D eigenvalue weighted by Crippen LogP contribution is 2.39. The van der Waals surface area contributed by atoms with Gasteiger partial charge >= 0.3 is 0 Å². The Balaban J connectivity index is 1.68. The molecule has 0 bridgehead atoms. The number of halogens is 1. The third-order valence-corrected chi connectivity index (χ3v) is 5.21. The molecule has 0 saturated carbocycles. The van der Waals surface area contributed by atoms with E-state index in [0.717, 1.165) is 33.4 Å². The summed E-state index contributed by atoms with van der Waals surface area (Å²) in [4.78, 5) is 18.1. The molecule has 27 heavy (non-hydrogen) atoms. The number of nitrogens with zero attached hydrogens (tertiary/aromatic N) is 1. The van der Waals surface area contributed by atoms with Gasteiger partial charge in [-0.15, -0.1) is 0 Å². The Morgan fingerprint density at radius 3 is 2.52 bits per heavy atom. The van der Waals surface area contributed by atoms with Gasteiger partial charge in [0.05, 0.1) is 16.8 Å². The molecule has 1 aliphatic rings. The quantitative estimate of drug-likeness (QED) is 0.432. The van der Waals surface area contributed by atoms with Gasteiger partial charge in [-0.25, -0.2) is 4.98 Å². The Hall–Kier alpha value is -3.17. The fourth-order valence-corrected chi connectivity index (χ4v) is 3.85. The number of carbonyl (C=O) groups is 1. The van der Waals surface area contributed by atoms with Crippen LogP contribution in [0.2, 0.25) is 5.02 Å². The molecule has 0 fully saturated rings. The molecular formula is C23H15ClN2O. The zero-order valence-electron chi connectivity index (χ0n) is 14.4. The number of para-hydroxylation sites is 1. The predicted octanol–water partition coefficient (Wildman–Crippen LogP) is 5.71. The lowest BCUT2D eigenvalue weighted by Gasteiger charge is -2.13. The van der Waals surface area contributed by atoms with Crippen molar-refractivity contribution in [2.24, 2.45) is 0 Å². The van der Waals surface area contributed by atoms with E-state index in [9.17, 15) is 4.79 Å². The van der Waals surface area contributed by atoms with Gasteiger partial charge in [0.15, 0.2) is 0 Å². The fraction of sp³-hybridized carbons (Fsp3) is 0.0435. The van der Waals surface area contributed by atoms with Crippen molar-refractivity contribution >= 4 is 34.1 Å². The summed E-state index contributed by atoms with van der Waals surface area (Å²) in [5, 5.41) is 4.52. The van der Waals surface area contributed by atoms with E-state index in [4.69, 9.17) is 16.6 Å². The SMILES string of the molecule is O=C(Nc1ccc(Cl)cc1)c1c2c(nc3ccccc13)-c1ccccc1C2. The number of nitrogens with one attached hydrogen (secondary N) is 1. The van der Waals surface area contributed by atoms with Gasteiger partial charge in [-0.2, -0.15) is 0 Å². The van der Waals surface area contributed by atoms with Crippen molar-refractivity contribution in [1.29, 1.82) is 0 Å². The second kappa shape index (κ2) is 6.22. The zero-order valence-corrected chi connectivity index (χ0v) is 15.1. The monoisotopic (exact) mass is 370 g/mol. The molecule has 1 amide bonds. The topological polar surface area (TPSA) is 42.0 Å². The van der Waals surface area contributed by atoms with Crippen LogP contribution in [0.15, 0.2) is 72.8 Å². The summed E-state index contributed by atoms with van der Waals surface area (Å²) in [6.07, 6.45) is 0.715. The van der Waals surface area contributed by atoms with Gasteiger partial charge in [0.25, 0.3) is 5.91 Å². The summed E-state index contributed by atoms with van der Waals surface area (Å²) in [7, 11) is 0. The average molecular weight is 371 g/mol. The molecule has 5 rings (SSSR count). The Morgan fingerprint density at radius 1 is 0.926 bits per heavy atom. The van der Waals surface area contributed by atoms with Crippen LogP contribution in [0.4, 0.5) is 5.69 Å². The summed E-state index contributed by atoms with van der Waals surface area (Å²) >= 11 is 5.95. The number of carbonyl (C=O) groups excluding carboxylic acids is 1. The molecule has 3 nitrogen and oxygen atoms in total. The van der Waals surface area contributed by atoms with E-state index >= 15 is 0 Å². The molecule has 3 aromatic carbocycles. The van der Waals surface area contributed by atoms with Crippen LogP contribution in [-0.4, -0.2) is 10.9 Å². The van der Waals surface area contributed by atoms with Crippen molar-refractivity contribution < 1.29 is 4.79 Å². The molecule has 0 saturated heterocycles. The minimum atomic E-state index is -0.125. The smallest absolute Gasteiger partial charge is 0.256 e. The number of amides is 1. The lowest BCUT2D eigenvalue weighted by Crippen LogP contribution is -2.15. The fourth-order valence-electron chi connectivity index (χ4n) is 3.73. The van der Waals surface area contributed by atoms with E-state index in [0.29, 0.717) is 17.0 Å². The van der Waals surface area contributed by atoms with E-state index in [1.54, 1.807) is 24.3 Å². The minimum Gasteiger partial charge on any atom is -0.322 e. The molecule has 0 spiro atoms. The maximum absolute atomic E-state index is 13.3. The van der Waals surface area contributed by atoms with Crippen molar-refractivity contribution in [3.63, 3.8) is 0 Å². The van der Waals surface area contributed by atoms with Crippen molar-refractivity contribution in [2.45, 2.75) is 6.42 Å². The first-order valence-electron chi connectivity index (χ1n) is 8.77. The number of fused-ring (bicyclic) bond motifs is 4. The van der Waals surface area contributed by atoms with Crippen LogP contribution < -0.4 is 5.32 Å². The number of aromatic nitrogens is 1. The molecule has 130 valence electrons. The molecule has 4 heteroatoms. The second-order valence-electron chi connectivity index (χ2n) is 6.63. The number of benzene rings is 3. The normalized spacial score (nSPS) is 11.9. The van der Waals surface area contributed by atoms with Crippen LogP contribution in [-0.2, 0) is 6.42 Å². The minimum absolute atomic E-state index is 0.125. The zero-order chi connectivity index (χ0) is 18.4. The lowest BCUT2D eigenvalue weighted by molar-refractivity contribution is 0.102. The molecule has 4 aromatic rings. The van der Waals surface area contributed by atoms with E-state index in [1.807, 2.05) is 36.4 Å². The number of hydrogen-bond donors (Lipinski definition) is 1. The van der Waals surface area contributed by atoms with Gasteiger partial charge in [-0.05, 0) is 41.5 Å². The maximum Gasteiger partial charge on any atom is 0.256 e. The van der Waals surface area contributed by atoms with Crippen LogP contribution in [0.3, 0.4) is 0 Å². The predicted molar refractivity (Wildman–Crippen MR) is 109 cm³/mol. The van der Waals surface area contributed by atoms with E-state index in [2.05, 4.69) is 17.4 Å². The van der Waals surface area contributed by atoms with Crippen molar-refractivity contribution in [2.75, 3.05) is 5.32 Å². The standard InChI is InChI=1S/C23H15ClN2O/c24-15-9-11-16(12-10-15)25-23(27)21-18-7-3-4-8-20(18)26-22-17-6-2-1-5-14(17)13-19(21)22/h1-12H,13H2,(H,25,27). The van der Waals surface area contributed by atoms with Crippen molar-refractivity contribution in [3.8, 4) is 11.3 Å². The Bertz CT molecular complexity index is 1200. The molecule has 0 atom stereocenters. The van der Waals surface area contributed by atoms with Gasteiger partial charge in [0, 0.05) is 28.1 Å². The van der Waals surface area contributed by atoms with Crippen LogP contribution in [0.5, 0.6) is 0 Å².